The molecule has 2 heterocycles. The number of sulfonamides is 1. The molecule has 0 bridgehead atoms. The zero-order chi connectivity index (χ0) is 23.9. The van der Waals surface area contributed by atoms with Crippen molar-refractivity contribution in [2.45, 2.75) is 37.5 Å². The van der Waals surface area contributed by atoms with Crippen molar-refractivity contribution < 1.29 is 18.0 Å². The van der Waals surface area contributed by atoms with Gasteiger partial charge in [-0.15, -0.1) is 0 Å². The van der Waals surface area contributed by atoms with E-state index in [1.807, 2.05) is 41.3 Å². The average molecular weight is 483 g/mol. The summed E-state index contributed by atoms with van der Waals surface area (Å²) in [7, 11) is -3.42. The van der Waals surface area contributed by atoms with E-state index in [0.29, 0.717) is 26.2 Å². The van der Waals surface area contributed by atoms with Gasteiger partial charge in [0, 0.05) is 26.2 Å². The number of benzene rings is 2. The number of piperazine rings is 1. The molecule has 0 saturated carbocycles. The molecule has 5 rings (SSSR count). The highest BCUT2D eigenvalue weighted by Crippen LogP contribution is 2.32. The molecule has 2 saturated heterocycles. The third-order valence-corrected chi connectivity index (χ3v) is 9.06. The minimum atomic E-state index is -3.42. The van der Waals surface area contributed by atoms with E-state index in [0.717, 1.165) is 30.4 Å². The van der Waals surface area contributed by atoms with Crippen molar-refractivity contribution in [2.75, 3.05) is 32.8 Å². The summed E-state index contributed by atoms with van der Waals surface area (Å²) in [5, 5.41) is 2.89. The van der Waals surface area contributed by atoms with E-state index < -0.39 is 21.6 Å². The van der Waals surface area contributed by atoms with Crippen LogP contribution in [0.3, 0.4) is 0 Å². The molecule has 1 atom stereocenters. The van der Waals surface area contributed by atoms with Crippen LogP contribution in [-0.4, -0.2) is 67.3 Å². The predicted octanol–water partition coefficient (Wildman–Crippen LogP) is 2.05. The van der Waals surface area contributed by atoms with E-state index in [1.165, 1.54) is 20.3 Å². The van der Waals surface area contributed by atoms with Gasteiger partial charge < -0.3 is 5.32 Å². The first-order chi connectivity index (χ1) is 16.3. The van der Waals surface area contributed by atoms with Gasteiger partial charge in [0.2, 0.25) is 10.0 Å². The van der Waals surface area contributed by atoms with E-state index in [9.17, 15) is 18.0 Å². The second-order valence-electron chi connectivity index (χ2n) is 9.53. The molecule has 2 aromatic carbocycles. The maximum absolute atomic E-state index is 13.3. The number of carbonyl (C=O) groups is 2. The van der Waals surface area contributed by atoms with Gasteiger partial charge in [0.05, 0.1) is 12.4 Å². The molecule has 1 N–H and O–H groups in total. The third kappa shape index (κ3) is 4.23. The molecule has 3 aliphatic rings. The number of nitrogens with zero attached hydrogens (tertiary/aromatic N) is 3. The predicted molar refractivity (Wildman–Crippen MR) is 128 cm³/mol. The Morgan fingerprint density at radius 3 is 2.38 bits per heavy atom. The summed E-state index contributed by atoms with van der Waals surface area (Å²) in [6.07, 6.45) is 3.18. The van der Waals surface area contributed by atoms with Crippen LogP contribution in [0.15, 0.2) is 48.5 Å². The van der Waals surface area contributed by atoms with Crippen LogP contribution in [0.4, 0.5) is 4.79 Å². The highest BCUT2D eigenvalue weighted by atomic mass is 32.2. The van der Waals surface area contributed by atoms with Gasteiger partial charge in [-0.2, -0.15) is 4.31 Å². The molecule has 180 valence electrons. The number of urea groups is 1. The molecule has 2 aliphatic heterocycles. The smallest absolute Gasteiger partial charge is 0.319 e. The number of rotatable bonds is 6. The third-order valence-electron chi connectivity index (χ3n) is 7.21. The van der Waals surface area contributed by atoms with E-state index in [4.69, 9.17) is 0 Å². The highest BCUT2D eigenvalue weighted by Gasteiger charge is 2.49. The maximum Gasteiger partial charge on any atom is 0.326 e. The fourth-order valence-corrected chi connectivity index (χ4v) is 6.65. The molecule has 0 spiro atoms. The van der Waals surface area contributed by atoms with E-state index in [1.54, 1.807) is 6.92 Å². The van der Waals surface area contributed by atoms with Crippen molar-refractivity contribution >= 4 is 22.0 Å². The lowest BCUT2D eigenvalue weighted by Gasteiger charge is -2.35. The Labute approximate surface area is 200 Å². The Hall–Kier alpha value is -2.75. The van der Waals surface area contributed by atoms with Crippen molar-refractivity contribution in [3.05, 3.63) is 70.8 Å². The molecule has 2 fully saturated rings. The van der Waals surface area contributed by atoms with Crippen LogP contribution in [-0.2, 0) is 39.0 Å². The van der Waals surface area contributed by atoms with Crippen molar-refractivity contribution in [3.63, 3.8) is 0 Å². The van der Waals surface area contributed by atoms with Gasteiger partial charge >= 0.3 is 6.03 Å². The van der Waals surface area contributed by atoms with Crippen LogP contribution in [0.1, 0.15) is 35.6 Å². The van der Waals surface area contributed by atoms with E-state index >= 15 is 0 Å². The Bertz CT molecular complexity index is 1210. The van der Waals surface area contributed by atoms with Gasteiger partial charge in [0.1, 0.15) is 5.54 Å². The van der Waals surface area contributed by atoms with Crippen molar-refractivity contribution in [1.82, 2.24) is 19.4 Å². The fraction of sp³-hybridized carbons (Fsp3) is 0.440. The van der Waals surface area contributed by atoms with Crippen LogP contribution in [0.25, 0.3) is 0 Å². The first-order valence-corrected chi connectivity index (χ1v) is 13.4. The number of carbonyl (C=O) groups excluding carboxylic acids is 2. The van der Waals surface area contributed by atoms with Crippen LogP contribution in [0.2, 0.25) is 0 Å². The maximum atomic E-state index is 13.3. The summed E-state index contributed by atoms with van der Waals surface area (Å²) in [6, 6.07) is 14.8. The number of amides is 3. The van der Waals surface area contributed by atoms with Crippen molar-refractivity contribution in [1.29, 1.82) is 0 Å². The van der Waals surface area contributed by atoms with Crippen LogP contribution in [0.5, 0.6) is 0 Å². The lowest BCUT2D eigenvalue weighted by atomic mass is 9.90. The number of hydrogen-bond donors (Lipinski definition) is 1. The van der Waals surface area contributed by atoms with Crippen molar-refractivity contribution in [3.8, 4) is 0 Å². The summed E-state index contributed by atoms with van der Waals surface area (Å²) >= 11 is 0. The number of fused-ring (bicyclic) bond motifs is 1. The standard InChI is InChI=1S/C25H30N4O4S/c1-25(22-11-10-20-8-5-9-21(20)16-22)23(30)29(24(31)26-25)18-27-12-14-28(15-13-27)34(32,33)17-19-6-3-2-4-7-19/h2-4,6-7,10-11,16H,5,8-9,12-15,17-18H2,1H3,(H,26,31)/t25-/m1/s1. The van der Waals surface area contributed by atoms with E-state index in [-0.39, 0.29) is 18.3 Å². The topological polar surface area (TPSA) is 90.0 Å². The minimum absolute atomic E-state index is 0.0278. The summed E-state index contributed by atoms with van der Waals surface area (Å²) in [5.74, 6) is -0.297. The Balaban J connectivity index is 1.22. The summed E-state index contributed by atoms with van der Waals surface area (Å²) in [6.45, 7) is 3.50. The summed E-state index contributed by atoms with van der Waals surface area (Å²) in [5.41, 5.74) is 3.06. The lowest BCUT2D eigenvalue weighted by molar-refractivity contribution is -0.132. The molecule has 34 heavy (non-hydrogen) atoms. The lowest BCUT2D eigenvalue weighted by Crippen LogP contribution is -2.53. The average Bonchev–Trinajstić information content (AvgIpc) is 3.38. The van der Waals surface area contributed by atoms with Gasteiger partial charge in [-0.25, -0.2) is 18.1 Å². The fourth-order valence-electron chi connectivity index (χ4n) is 5.13. The summed E-state index contributed by atoms with van der Waals surface area (Å²) < 4.78 is 27.1. The molecule has 9 heteroatoms. The molecule has 1 aliphatic carbocycles. The van der Waals surface area contributed by atoms with Gasteiger partial charge in [-0.1, -0.05) is 48.5 Å². The van der Waals surface area contributed by atoms with E-state index in [2.05, 4.69) is 17.4 Å². The number of nitrogens with one attached hydrogen (secondary N) is 1. The molecule has 0 aromatic heterocycles. The molecule has 0 radical (unpaired) electrons. The molecule has 0 unspecified atom stereocenters. The summed E-state index contributed by atoms with van der Waals surface area (Å²) in [4.78, 5) is 29.3. The van der Waals surface area contributed by atoms with Crippen molar-refractivity contribution in [2.24, 2.45) is 0 Å². The van der Waals surface area contributed by atoms with Gasteiger partial charge in [0.25, 0.3) is 5.91 Å². The largest absolute Gasteiger partial charge is 0.326 e. The monoisotopic (exact) mass is 482 g/mol. The van der Waals surface area contributed by atoms with Crippen LogP contribution < -0.4 is 5.32 Å². The van der Waals surface area contributed by atoms with Crippen LogP contribution >= 0.6 is 0 Å². The van der Waals surface area contributed by atoms with Gasteiger partial charge in [0.15, 0.2) is 0 Å². The number of imide groups is 1. The SMILES string of the molecule is C[C@]1(c2ccc3c(c2)CCC3)NC(=O)N(CN2CCN(S(=O)(=O)Cc3ccccc3)CC2)C1=O. The minimum Gasteiger partial charge on any atom is -0.319 e. The second kappa shape index (κ2) is 8.79. The Morgan fingerprint density at radius 1 is 0.941 bits per heavy atom. The number of hydrogen-bond acceptors (Lipinski definition) is 5. The molecular weight excluding hydrogens is 452 g/mol. The molecular formula is C25H30N4O4S. The normalized spacial score (nSPS) is 23.9. The Morgan fingerprint density at radius 2 is 1.65 bits per heavy atom. The zero-order valence-corrected chi connectivity index (χ0v) is 20.2. The van der Waals surface area contributed by atoms with Crippen LogP contribution in [0, 0.1) is 0 Å². The van der Waals surface area contributed by atoms with Gasteiger partial charge in [-0.05, 0) is 48.4 Å². The molecule has 8 nitrogen and oxygen atoms in total. The van der Waals surface area contributed by atoms with Gasteiger partial charge in [-0.3, -0.25) is 9.69 Å². The zero-order valence-electron chi connectivity index (χ0n) is 19.4. The Kier molecular flexibility index (Phi) is 5.95. The quantitative estimate of drug-likeness (QED) is 0.637. The molecule has 3 amide bonds. The molecule has 2 aromatic rings. The second-order valence-corrected chi connectivity index (χ2v) is 11.5. The first-order valence-electron chi connectivity index (χ1n) is 11.8. The number of aryl methyl sites for hydroxylation is 2. The first kappa shape index (κ1) is 23.0. The highest BCUT2D eigenvalue weighted by molar-refractivity contribution is 7.88.